The van der Waals surface area contributed by atoms with E-state index < -0.39 is 20.0 Å². The molecule has 2 aliphatic heterocycles. The first kappa shape index (κ1) is 18.7. The van der Waals surface area contributed by atoms with Gasteiger partial charge in [-0.05, 0) is 43.7 Å². The average molecular weight is 389 g/mol. The molecule has 0 aliphatic carbocycles. The fourth-order valence-electron chi connectivity index (χ4n) is 2.97. The van der Waals surface area contributed by atoms with Crippen LogP contribution in [0.4, 0.5) is 0 Å². The number of nitrogens with zero attached hydrogens (tertiary/aromatic N) is 1. The molecule has 0 spiro atoms. The summed E-state index contributed by atoms with van der Waals surface area (Å²) in [4.78, 5) is 0.159. The Hall–Kier alpha value is -1.04. The van der Waals surface area contributed by atoms with Crippen LogP contribution in [0.5, 0.6) is 0 Å². The zero-order chi connectivity index (χ0) is 17.9. The van der Waals surface area contributed by atoms with Crippen molar-refractivity contribution in [2.24, 2.45) is 0 Å². The summed E-state index contributed by atoms with van der Waals surface area (Å²) in [5.41, 5.74) is 0. The number of ether oxygens (including phenoxy) is 1. The van der Waals surface area contributed by atoms with Gasteiger partial charge in [-0.1, -0.05) is 0 Å². The van der Waals surface area contributed by atoms with Gasteiger partial charge >= 0.3 is 0 Å². The summed E-state index contributed by atoms with van der Waals surface area (Å²) in [5.74, 6) is 0. The Bertz CT molecular complexity index is 781. The Labute approximate surface area is 148 Å². The van der Waals surface area contributed by atoms with E-state index in [1.165, 1.54) is 28.6 Å². The minimum atomic E-state index is -3.67. The molecule has 2 N–H and O–H groups in total. The predicted molar refractivity (Wildman–Crippen MR) is 92.2 cm³/mol. The normalized spacial score (nSPS) is 23.4. The fourth-order valence-corrected chi connectivity index (χ4v) is 5.65. The van der Waals surface area contributed by atoms with Crippen LogP contribution in [0.15, 0.2) is 34.1 Å². The van der Waals surface area contributed by atoms with Gasteiger partial charge in [0.05, 0.1) is 23.0 Å². The highest BCUT2D eigenvalue weighted by Gasteiger charge is 2.27. The van der Waals surface area contributed by atoms with Crippen molar-refractivity contribution in [3.63, 3.8) is 0 Å². The van der Waals surface area contributed by atoms with E-state index >= 15 is 0 Å². The number of piperidine rings is 1. The van der Waals surface area contributed by atoms with E-state index in [2.05, 4.69) is 10.0 Å². The minimum absolute atomic E-state index is 0.0685. The highest BCUT2D eigenvalue weighted by Crippen LogP contribution is 2.20. The van der Waals surface area contributed by atoms with E-state index in [0.717, 1.165) is 19.4 Å². The van der Waals surface area contributed by atoms with Gasteiger partial charge in [0.15, 0.2) is 0 Å². The van der Waals surface area contributed by atoms with Crippen LogP contribution < -0.4 is 10.0 Å². The predicted octanol–water partition coefficient (Wildman–Crippen LogP) is -0.262. The summed E-state index contributed by atoms with van der Waals surface area (Å²) in [5, 5.41) is 3.15. The van der Waals surface area contributed by atoms with Crippen LogP contribution in [0.25, 0.3) is 0 Å². The molecule has 140 valence electrons. The van der Waals surface area contributed by atoms with Gasteiger partial charge in [-0.3, -0.25) is 0 Å². The number of hydrogen-bond donors (Lipinski definition) is 2. The summed E-state index contributed by atoms with van der Waals surface area (Å²) < 4.78 is 59.2. The molecule has 1 atom stereocenters. The topological polar surface area (TPSA) is 105 Å². The smallest absolute Gasteiger partial charge is 0.243 e. The first-order chi connectivity index (χ1) is 11.9. The quantitative estimate of drug-likeness (QED) is 0.719. The lowest BCUT2D eigenvalue weighted by Crippen LogP contribution is -2.45. The maximum absolute atomic E-state index is 12.6. The van der Waals surface area contributed by atoms with Crippen LogP contribution in [0.3, 0.4) is 0 Å². The Morgan fingerprint density at radius 3 is 2.28 bits per heavy atom. The number of sulfonamides is 2. The first-order valence-electron chi connectivity index (χ1n) is 8.31. The lowest BCUT2D eigenvalue weighted by atomic mass is 10.1. The number of hydrogen-bond acceptors (Lipinski definition) is 6. The van der Waals surface area contributed by atoms with Crippen molar-refractivity contribution in [2.75, 3.05) is 39.4 Å². The molecule has 1 aromatic carbocycles. The minimum Gasteiger partial charge on any atom is -0.379 e. The summed E-state index contributed by atoms with van der Waals surface area (Å²) in [7, 11) is -7.29. The summed E-state index contributed by atoms with van der Waals surface area (Å²) in [6, 6.07) is 5.23. The Morgan fingerprint density at radius 2 is 1.68 bits per heavy atom. The van der Waals surface area contributed by atoms with Gasteiger partial charge in [0.2, 0.25) is 20.0 Å². The Morgan fingerprint density at radius 1 is 1.04 bits per heavy atom. The molecule has 1 unspecified atom stereocenters. The molecule has 8 nitrogen and oxygen atoms in total. The van der Waals surface area contributed by atoms with Crippen LogP contribution in [-0.4, -0.2) is 66.6 Å². The third-order valence-electron chi connectivity index (χ3n) is 4.36. The molecule has 25 heavy (non-hydrogen) atoms. The van der Waals surface area contributed by atoms with E-state index in [-0.39, 0.29) is 15.8 Å². The van der Waals surface area contributed by atoms with Crippen molar-refractivity contribution in [1.82, 2.24) is 14.3 Å². The van der Waals surface area contributed by atoms with Gasteiger partial charge in [0, 0.05) is 25.7 Å². The third-order valence-corrected chi connectivity index (χ3v) is 7.81. The van der Waals surface area contributed by atoms with E-state index in [4.69, 9.17) is 4.74 Å². The maximum atomic E-state index is 12.6. The second-order valence-corrected chi connectivity index (χ2v) is 9.80. The lowest BCUT2D eigenvalue weighted by molar-refractivity contribution is 0.0730. The van der Waals surface area contributed by atoms with Crippen molar-refractivity contribution in [3.8, 4) is 0 Å². The average Bonchev–Trinajstić information content (AvgIpc) is 2.63. The van der Waals surface area contributed by atoms with Crippen LogP contribution >= 0.6 is 0 Å². The third kappa shape index (κ3) is 4.39. The van der Waals surface area contributed by atoms with Crippen molar-refractivity contribution in [1.29, 1.82) is 0 Å². The summed E-state index contributed by atoms with van der Waals surface area (Å²) in [6.07, 6.45) is 1.71. The molecule has 0 bridgehead atoms. The van der Waals surface area contributed by atoms with Gasteiger partial charge in [-0.25, -0.2) is 21.6 Å². The largest absolute Gasteiger partial charge is 0.379 e. The van der Waals surface area contributed by atoms with Crippen molar-refractivity contribution < 1.29 is 21.6 Å². The molecule has 1 aromatic rings. The summed E-state index contributed by atoms with van der Waals surface area (Å²) >= 11 is 0. The zero-order valence-electron chi connectivity index (χ0n) is 13.8. The summed E-state index contributed by atoms with van der Waals surface area (Å²) in [6.45, 7) is 2.84. The van der Waals surface area contributed by atoms with Crippen molar-refractivity contribution >= 4 is 20.0 Å². The SMILES string of the molecule is O=S(=O)(NC1CCCNC1)c1ccc(S(=O)(=O)N2CCOCC2)cc1. The van der Waals surface area contributed by atoms with Crippen LogP contribution in [0.1, 0.15) is 12.8 Å². The Balaban J connectivity index is 1.74. The van der Waals surface area contributed by atoms with E-state index in [1.807, 2.05) is 0 Å². The van der Waals surface area contributed by atoms with Crippen LogP contribution in [0, 0.1) is 0 Å². The van der Waals surface area contributed by atoms with Gasteiger partial charge < -0.3 is 10.1 Å². The van der Waals surface area contributed by atoms with Gasteiger partial charge in [-0.2, -0.15) is 4.31 Å². The molecule has 2 fully saturated rings. The molecular weight excluding hydrogens is 366 g/mol. The van der Waals surface area contributed by atoms with Crippen molar-refractivity contribution in [2.45, 2.75) is 28.7 Å². The molecule has 0 aromatic heterocycles. The molecule has 2 saturated heterocycles. The highest BCUT2D eigenvalue weighted by molar-refractivity contribution is 7.89. The number of nitrogens with one attached hydrogen (secondary N) is 2. The first-order valence-corrected chi connectivity index (χ1v) is 11.2. The standard InChI is InChI=1S/C15H23N3O5S2/c19-24(20,17-13-2-1-7-16-12-13)14-3-5-15(6-4-14)25(21,22)18-8-10-23-11-9-18/h3-6,13,16-17H,1-2,7-12H2. The maximum Gasteiger partial charge on any atom is 0.243 e. The number of morpholine rings is 1. The second kappa shape index (κ2) is 7.68. The molecule has 3 rings (SSSR count). The molecule has 0 saturated carbocycles. The molecule has 0 radical (unpaired) electrons. The van der Waals surface area contributed by atoms with Crippen LogP contribution in [-0.2, 0) is 24.8 Å². The van der Waals surface area contributed by atoms with Crippen LogP contribution in [0.2, 0.25) is 0 Å². The highest BCUT2D eigenvalue weighted by atomic mass is 32.2. The monoisotopic (exact) mass is 389 g/mol. The molecule has 0 amide bonds. The fraction of sp³-hybridized carbons (Fsp3) is 0.600. The van der Waals surface area contributed by atoms with E-state index in [9.17, 15) is 16.8 Å². The second-order valence-electron chi connectivity index (χ2n) is 6.15. The zero-order valence-corrected chi connectivity index (χ0v) is 15.5. The molecular formula is C15H23N3O5S2. The molecule has 2 aliphatic rings. The van der Waals surface area contributed by atoms with E-state index in [0.29, 0.717) is 32.8 Å². The van der Waals surface area contributed by atoms with E-state index in [1.54, 1.807) is 0 Å². The molecule has 10 heteroatoms. The molecule has 2 heterocycles. The number of rotatable bonds is 5. The van der Waals surface area contributed by atoms with Gasteiger partial charge in [-0.15, -0.1) is 0 Å². The van der Waals surface area contributed by atoms with Gasteiger partial charge in [0.25, 0.3) is 0 Å². The van der Waals surface area contributed by atoms with Crippen molar-refractivity contribution in [3.05, 3.63) is 24.3 Å². The number of benzene rings is 1. The van der Waals surface area contributed by atoms with Gasteiger partial charge in [0.1, 0.15) is 0 Å². The Kier molecular flexibility index (Phi) is 5.76. The lowest BCUT2D eigenvalue weighted by Gasteiger charge is -2.26.